The largest absolute Gasteiger partial charge is 0.369 e. The van der Waals surface area contributed by atoms with Crippen LogP contribution in [-0.4, -0.2) is 50.1 Å². The summed E-state index contributed by atoms with van der Waals surface area (Å²) in [4.78, 5) is 18.5. The van der Waals surface area contributed by atoms with Gasteiger partial charge in [-0.15, -0.1) is 24.0 Å². The Balaban J connectivity index is 0.00000338. The minimum atomic E-state index is -0.230. The summed E-state index contributed by atoms with van der Waals surface area (Å²) in [7, 11) is 1.72. The van der Waals surface area contributed by atoms with Crippen molar-refractivity contribution in [3.05, 3.63) is 28.7 Å². The van der Waals surface area contributed by atoms with Crippen LogP contribution in [0.3, 0.4) is 0 Å². The summed E-state index contributed by atoms with van der Waals surface area (Å²) < 4.78 is 1.09. The molecule has 0 bridgehead atoms. The van der Waals surface area contributed by atoms with E-state index in [9.17, 15) is 4.79 Å². The summed E-state index contributed by atoms with van der Waals surface area (Å²) in [5.74, 6) is 0.616. The average molecular weight is 538 g/mol. The lowest BCUT2D eigenvalue weighted by Crippen LogP contribution is -2.50. The number of carbonyl (C=O) groups excluding carboxylic acids is 1. The van der Waals surface area contributed by atoms with Gasteiger partial charge in [-0.3, -0.25) is 9.79 Å². The Bertz CT molecular complexity index is 615. The Labute approximate surface area is 181 Å². The molecule has 3 N–H and O–H groups in total. The highest BCUT2D eigenvalue weighted by molar-refractivity contribution is 14.0. The van der Waals surface area contributed by atoms with Gasteiger partial charge in [0.25, 0.3) is 0 Å². The highest BCUT2D eigenvalue weighted by Crippen LogP contribution is 2.22. The fraction of sp³-hybridized carbons (Fsp3) is 0.556. The summed E-state index contributed by atoms with van der Waals surface area (Å²) in [5.41, 5.74) is 0.992. The molecule has 1 saturated heterocycles. The average Bonchev–Trinajstić information content (AvgIpc) is 2.99. The van der Waals surface area contributed by atoms with E-state index in [4.69, 9.17) is 0 Å². The van der Waals surface area contributed by atoms with E-state index in [-0.39, 0.29) is 42.0 Å². The van der Waals surface area contributed by atoms with Crippen LogP contribution < -0.4 is 20.9 Å². The van der Waals surface area contributed by atoms with Crippen LogP contribution in [0, 0.1) is 0 Å². The maximum absolute atomic E-state index is 11.9. The molecular formula is C18H29BrIN5O. The van der Waals surface area contributed by atoms with Crippen molar-refractivity contribution >= 4 is 57.5 Å². The summed E-state index contributed by atoms with van der Waals surface area (Å²) in [6, 6.07) is 8.67. The summed E-state index contributed by atoms with van der Waals surface area (Å²) >= 11 is 3.47. The lowest BCUT2D eigenvalue weighted by atomic mass is 10.1. The van der Waals surface area contributed by atoms with E-state index in [1.807, 2.05) is 20.8 Å². The molecule has 6 nitrogen and oxygen atoms in total. The molecule has 1 atom stereocenters. The van der Waals surface area contributed by atoms with E-state index in [1.165, 1.54) is 5.69 Å². The molecule has 146 valence electrons. The van der Waals surface area contributed by atoms with Crippen molar-refractivity contribution in [3.8, 4) is 0 Å². The number of aliphatic imine (C=N–C) groups is 1. The van der Waals surface area contributed by atoms with Gasteiger partial charge >= 0.3 is 0 Å². The van der Waals surface area contributed by atoms with Gasteiger partial charge in [0.05, 0.1) is 6.54 Å². The number of halogens is 2. The number of rotatable bonds is 4. The standard InChI is InChI=1S/C18H28BrN5O.HI/c1-18(2,3)23-16(25)11-21-17(20-4)22-14-9-10-24(12-14)15-7-5-13(19)6-8-15;/h5-8,14H,9-12H2,1-4H3,(H,23,25)(H2,20,21,22);1H. The van der Waals surface area contributed by atoms with E-state index in [2.05, 4.69) is 66.0 Å². The number of hydrogen-bond donors (Lipinski definition) is 3. The molecule has 2 rings (SSSR count). The van der Waals surface area contributed by atoms with Gasteiger partial charge in [0, 0.05) is 41.9 Å². The fourth-order valence-electron chi connectivity index (χ4n) is 2.78. The third-order valence-corrected chi connectivity index (χ3v) is 4.40. The van der Waals surface area contributed by atoms with Crippen LogP contribution in [-0.2, 0) is 4.79 Å². The number of hydrogen-bond acceptors (Lipinski definition) is 3. The van der Waals surface area contributed by atoms with Crippen molar-refractivity contribution in [2.45, 2.75) is 38.8 Å². The van der Waals surface area contributed by atoms with E-state index in [0.29, 0.717) is 12.0 Å². The second-order valence-electron chi connectivity index (χ2n) is 7.28. The van der Waals surface area contributed by atoms with Gasteiger partial charge in [0.15, 0.2) is 5.96 Å². The molecule has 8 heteroatoms. The number of nitrogens with zero attached hydrogens (tertiary/aromatic N) is 2. The number of guanidine groups is 1. The number of amides is 1. The van der Waals surface area contributed by atoms with Gasteiger partial charge < -0.3 is 20.9 Å². The molecule has 0 aliphatic carbocycles. The fourth-order valence-corrected chi connectivity index (χ4v) is 3.04. The first-order valence-corrected chi connectivity index (χ1v) is 9.35. The second kappa shape index (κ2) is 10.3. The van der Waals surface area contributed by atoms with Crippen LogP contribution >= 0.6 is 39.9 Å². The molecule has 0 spiro atoms. The third kappa shape index (κ3) is 7.69. The van der Waals surface area contributed by atoms with E-state index < -0.39 is 0 Å². The molecule has 0 aromatic heterocycles. The van der Waals surface area contributed by atoms with Gasteiger partial charge in [0.1, 0.15) is 0 Å². The van der Waals surface area contributed by atoms with Gasteiger partial charge in [0.2, 0.25) is 5.91 Å². The number of carbonyl (C=O) groups is 1. The molecule has 26 heavy (non-hydrogen) atoms. The van der Waals surface area contributed by atoms with Crippen LogP contribution in [0.2, 0.25) is 0 Å². The molecule has 0 radical (unpaired) electrons. The first-order valence-electron chi connectivity index (χ1n) is 8.55. The monoisotopic (exact) mass is 537 g/mol. The van der Waals surface area contributed by atoms with Crippen molar-refractivity contribution in [3.63, 3.8) is 0 Å². The normalized spacial score (nSPS) is 17.5. The van der Waals surface area contributed by atoms with Crippen molar-refractivity contribution in [1.82, 2.24) is 16.0 Å². The first kappa shape index (κ1) is 23.0. The highest BCUT2D eigenvalue weighted by atomic mass is 127. The van der Waals surface area contributed by atoms with E-state index >= 15 is 0 Å². The molecule has 1 aliphatic rings. The van der Waals surface area contributed by atoms with Gasteiger partial charge in [-0.1, -0.05) is 15.9 Å². The molecular weight excluding hydrogens is 509 g/mol. The Kier molecular flexibility index (Phi) is 9.15. The Hall–Kier alpha value is -1.03. The lowest BCUT2D eigenvalue weighted by Gasteiger charge is -2.22. The maximum Gasteiger partial charge on any atom is 0.239 e. The Morgan fingerprint density at radius 1 is 1.31 bits per heavy atom. The lowest BCUT2D eigenvalue weighted by molar-refractivity contribution is -0.121. The van der Waals surface area contributed by atoms with Crippen LogP contribution in [0.4, 0.5) is 5.69 Å². The zero-order chi connectivity index (χ0) is 18.4. The van der Waals surface area contributed by atoms with Gasteiger partial charge in [-0.25, -0.2) is 0 Å². The number of anilines is 1. The quantitative estimate of drug-likeness (QED) is 0.314. The summed E-state index contributed by atoms with van der Waals surface area (Å²) in [6.45, 7) is 8.02. The molecule has 1 heterocycles. The highest BCUT2D eigenvalue weighted by Gasteiger charge is 2.23. The minimum Gasteiger partial charge on any atom is -0.369 e. The molecule has 1 amide bonds. The smallest absolute Gasteiger partial charge is 0.239 e. The van der Waals surface area contributed by atoms with Gasteiger partial charge in [-0.05, 0) is 51.5 Å². The predicted octanol–water partition coefficient (Wildman–Crippen LogP) is 2.73. The van der Waals surface area contributed by atoms with Crippen LogP contribution in [0.5, 0.6) is 0 Å². The predicted molar refractivity (Wildman–Crippen MR) is 123 cm³/mol. The van der Waals surface area contributed by atoms with Crippen LogP contribution in [0.25, 0.3) is 0 Å². The van der Waals surface area contributed by atoms with Gasteiger partial charge in [-0.2, -0.15) is 0 Å². The van der Waals surface area contributed by atoms with E-state index in [1.54, 1.807) is 7.05 Å². The van der Waals surface area contributed by atoms with Crippen molar-refractivity contribution in [1.29, 1.82) is 0 Å². The topological polar surface area (TPSA) is 68.8 Å². The molecule has 1 aromatic rings. The zero-order valence-corrected chi connectivity index (χ0v) is 19.7. The van der Waals surface area contributed by atoms with E-state index in [0.717, 1.165) is 24.0 Å². The van der Waals surface area contributed by atoms with Crippen LogP contribution in [0.15, 0.2) is 33.7 Å². The summed E-state index contributed by atoms with van der Waals surface area (Å²) in [5, 5.41) is 9.41. The zero-order valence-electron chi connectivity index (χ0n) is 15.8. The number of nitrogens with one attached hydrogen (secondary N) is 3. The third-order valence-electron chi connectivity index (χ3n) is 3.88. The Morgan fingerprint density at radius 3 is 2.54 bits per heavy atom. The Morgan fingerprint density at radius 2 is 1.96 bits per heavy atom. The second-order valence-corrected chi connectivity index (χ2v) is 8.19. The van der Waals surface area contributed by atoms with Crippen molar-refractivity contribution in [2.75, 3.05) is 31.6 Å². The maximum atomic E-state index is 11.9. The minimum absolute atomic E-state index is 0. The summed E-state index contributed by atoms with van der Waals surface area (Å²) in [6.07, 6.45) is 1.03. The van der Waals surface area contributed by atoms with Crippen molar-refractivity contribution in [2.24, 2.45) is 4.99 Å². The molecule has 1 aliphatic heterocycles. The number of benzene rings is 1. The molecule has 1 fully saturated rings. The molecule has 0 saturated carbocycles. The SMILES string of the molecule is CN=C(NCC(=O)NC(C)(C)C)NC1CCN(c2ccc(Br)cc2)C1.I. The van der Waals surface area contributed by atoms with Crippen molar-refractivity contribution < 1.29 is 4.79 Å². The van der Waals surface area contributed by atoms with Crippen LogP contribution in [0.1, 0.15) is 27.2 Å². The molecule has 1 aromatic carbocycles. The first-order chi connectivity index (χ1) is 11.8. The molecule has 1 unspecified atom stereocenters.